The molecular weight excluding hydrogens is 827 g/mol. The molecule has 0 aromatic carbocycles. The summed E-state index contributed by atoms with van der Waals surface area (Å²) in [6, 6.07) is -0.554. The van der Waals surface area contributed by atoms with Gasteiger partial charge in [-0.05, 0) is 77.0 Å². The third-order valence-electron chi connectivity index (χ3n) is 14.0. The summed E-state index contributed by atoms with van der Waals surface area (Å²) in [5, 5.41) is 23.3. The van der Waals surface area contributed by atoms with Gasteiger partial charge < -0.3 is 20.3 Å². The zero-order chi connectivity index (χ0) is 48.6. The Labute approximate surface area is 418 Å². The largest absolute Gasteiger partial charge is 0.466 e. The van der Waals surface area contributed by atoms with Gasteiger partial charge in [-0.25, -0.2) is 0 Å². The van der Waals surface area contributed by atoms with Crippen LogP contribution in [-0.4, -0.2) is 47.4 Å². The molecule has 2 atom stereocenters. The number of amides is 1. The van der Waals surface area contributed by atoms with Gasteiger partial charge in [-0.3, -0.25) is 9.59 Å². The molecule has 0 aromatic rings. The van der Waals surface area contributed by atoms with Crippen LogP contribution in [0.15, 0.2) is 24.3 Å². The Hall–Kier alpha value is -1.66. The molecule has 6 heteroatoms. The second-order valence-electron chi connectivity index (χ2n) is 20.7. The lowest BCUT2D eigenvalue weighted by Gasteiger charge is -2.22. The molecule has 0 bridgehead atoms. The molecule has 0 aliphatic carbocycles. The lowest BCUT2D eigenvalue weighted by molar-refractivity contribution is -0.143. The maximum absolute atomic E-state index is 12.5. The minimum atomic E-state index is -0.675. The number of carbonyl (C=O) groups is 2. The summed E-state index contributed by atoms with van der Waals surface area (Å²) in [7, 11) is 0. The second-order valence-corrected chi connectivity index (χ2v) is 20.7. The van der Waals surface area contributed by atoms with E-state index in [0.29, 0.717) is 25.9 Å². The van der Waals surface area contributed by atoms with E-state index in [1.165, 1.54) is 231 Å². The van der Waals surface area contributed by atoms with Crippen molar-refractivity contribution in [3.05, 3.63) is 24.3 Å². The standard InChI is InChI=1S/C61H117NO5/c1-3-5-7-9-11-13-15-17-19-21-22-25-29-33-37-41-45-49-53-59(64)58(57-63)62-60(65)54-50-46-42-38-34-30-26-23-24-28-32-36-40-44-48-52-56-67-61(66)55-51-47-43-39-35-31-27-20-18-16-14-12-10-8-6-4-2/h20,23,26-27,58-59,63-64H,3-19,21-22,24-25,28-57H2,1-2H3,(H,62,65)/b26-23-,27-20-. The van der Waals surface area contributed by atoms with Gasteiger partial charge in [0.1, 0.15) is 0 Å². The average Bonchev–Trinajstić information content (AvgIpc) is 3.33. The molecule has 396 valence electrons. The van der Waals surface area contributed by atoms with Gasteiger partial charge in [0.05, 0.1) is 25.4 Å². The molecule has 0 spiro atoms. The normalized spacial score (nSPS) is 12.7. The van der Waals surface area contributed by atoms with Gasteiger partial charge in [0.25, 0.3) is 0 Å². The Morgan fingerprint density at radius 3 is 1.06 bits per heavy atom. The minimum Gasteiger partial charge on any atom is -0.466 e. The van der Waals surface area contributed by atoms with E-state index in [9.17, 15) is 19.8 Å². The number of hydrogen-bond acceptors (Lipinski definition) is 5. The summed E-state index contributed by atoms with van der Waals surface area (Å²) in [5.74, 6) is -0.0596. The molecule has 6 nitrogen and oxygen atoms in total. The molecule has 0 aliphatic heterocycles. The molecule has 3 N–H and O–H groups in total. The summed E-state index contributed by atoms with van der Waals surface area (Å²) >= 11 is 0. The Morgan fingerprint density at radius 1 is 0.403 bits per heavy atom. The van der Waals surface area contributed by atoms with E-state index in [4.69, 9.17) is 4.74 Å². The van der Waals surface area contributed by atoms with Crippen molar-refractivity contribution in [1.82, 2.24) is 5.32 Å². The lowest BCUT2D eigenvalue weighted by Crippen LogP contribution is -2.45. The van der Waals surface area contributed by atoms with Crippen molar-refractivity contribution < 1.29 is 24.5 Å². The topological polar surface area (TPSA) is 95.9 Å². The van der Waals surface area contributed by atoms with Crippen molar-refractivity contribution in [3.8, 4) is 0 Å². The minimum absolute atomic E-state index is 0.00966. The fraction of sp³-hybridized carbons (Fsp3) is 0.902. The summed E-state index contributed by atoms with van der Waals surface area (Å²) in [6.07, 6.45) is 68.8. The molecule has 0 heterocycles. The molecule has 0 aromatic heterocycles. The van der Waals surface area contributed by atoms with E-state index in [1.807, 2.05) is 0 Å². The van der Waals surface area contributed by atoms with Crippen molar-refractivity contribution in [2.24, 2.45) is 0 Å². The summed E-state index contributed by atoms with van der Waals surface area (Å²) in [4.78, 5) is 24.6. The van der Waals surface area contributed by atoms with Crippen molar-refractivity contribution >= 4 is 11.9 Å². The van der Waals surface area contributed by atoms with Gasteiger partial charge in [0, 0.05) is 12.8 Å². The molecule has 0 saturated carbocycles. The third-order valence-corrected chi connectivity index (χ3v) is 14.0. The van der Waals surface area contributed by atoms with E-state index in [-0.39, 0.29) is 18.5 Å². The van der Waals surface area contributed by atoms with Crippen molar-refractivity contribution in [2.75, 3.05) is 13.2 Å². The number of allylic oxidation sites excluding steroid dienone is 4. The number of unbranched alkanes of at least 4 members (excludes halogenated alkanes) is 41. The third kappa shape index (κ3) is 53.5. The Morgan fingerprint density at radius 2 is 0.701 bits per heavy atom. The van der Waals surface area contributed by atoms with Crippen LogP contribution in [0.3, 0.4) is 0 Å². The fourth-order valence-corrected chi connectivity index (χ4v) is 9.34. The summed E-state index contributed by atoms with van der Waals surface area (Å²) < 4.78 is 5.47. The highest BCUT2D eigenvalue weighted by atomic mass is 16.5. The van der Waals surface area contributed by atoms with E-state index < -0.39 is 12.1 Å². The Kier molecular flexibility index (Phi) is 55.5. The summed E-state index contributed by atoms with van der Waals surface area (Å²) in [6.45, 7) is 4.94. The number of rotatable bonds is 56. The smallest absolute Gasteiger partial charge is 0.305 e. The number of aliphatic hydroxyl groups excluding tert-OH is 2. The molecule has 2 unspecified atom stereocenters. The van der Waals surface area contributed by atoms with Crippen LogP contribution in [-0.2, 0) is 14.3 Å². The first kappa shape index (κ1) is 65.3. The van der Waals surface area contributed by atoms with E-state index in [2.05, 4.69) is 43.5 Å². The van der Waals surface area contributed by atoms with Crippen LogP contribution in [0.1, 0.15) is 328 Å². The quantitative estimate of drug-likeness (QED) is 0.0321. The van der Waals surface area contributed by atoms with Crippen LogP contribution in [0.4, 0.5) is 0 Å². The summed E-state index contributed by atoms with van der Waals surface area (Å²) in [5.41, 5.74) is 0. The number of esters is 1. The number of ether oxygens (including phenoxy) is 1. The first-order valence-corrected chi connectivity index (χ1v) is 30.1. The van der Waals surface area contributed by atoms with Crippen LogP contribution in [0.5, 0.6) is 0 Å². The van der Waals surface area contributed by atoms with Gasteiger partial charge in [-0.1, -0.05) is 263 Å². The van der Waals surface area contributed by atoms with E-state index in [1.54, 1.807) is 0 Å². The Bertz CT molecular complexity index is 1040. The molecular formula is C61H117NO5. The zero-order valence-corrected chi connectivity index (χ0v) is 45.1. The van der Waals surface area contributed by atoms with Gasteiger partial charge in [-0.15, -0.1) is 0 Å². The SMILES string of the molecule is CCCCCCCCC/C=C\CCCCCCCC(=O)OCCCCCCCCC/C=C\CCCCCCCC(=O)NC(CO)C(O)CCCCCCCCCCCCCCCCCCCC. The molecule has 0 fully saturated rings. The molecule has 0 rings (SSSR count). The van der Waals surface area contributed by atoms with Gasteiger partial charge >= 0.3 is 5.97 Å². The van der Waals surface area contributed by atoms with Crippen molar-refractivity contribution in [1.29, 1.82) is 0 Å². The van der Waals surface area contributed by atoms with Gasteiger partial charge in [0.15, 0.2) is 0 Å². The lowest BCUT2D eigenvalue weighted by atomic mass is 10.0. The average molecular weight is 945 g/mol. The van der Waals surface area contributed by atoms with E-state index in [0.717, 1.165) is 64.2 Å². The number of hydrogen-bond donors (Lipinski definition) is 3. The number of nitrogens with one attached hydrogen (secondary N) is 1. The maximum atomic E-state index is 12.5. The van der Waals surface area contributed by atoms with Crippen LogP contribution < -0.4 is 5.32 Å². The molecule has 0 radical (unpaired) electrons. The fourth-order valence-electron chi connectivity index (χ4n) is 9.34. The van der Waals surface area contributed by atoms with Gasteiger partial charge in [0.2, 0.25) is 5.91 Å². The molecule has 1 amide bonds. The highest BCUT2D eigenvalue weighted by Gasteiger charge is 2.20. The predicted octanol–water partition coefficient (Wildman–Crippen LogP) is 18.6. The van der Waals surface area contributed by atoms with Crippen molar-refractivity contribution in [2.45, 2.75) is 341 Å². The highest BCUT2D eigenvalue weighted by Crippen LogP contribution is 2.17. The highest BCUT2D eigenvalue weighted by molar-refractivity contribution is 5.76. The monoisotopic (exact) mass is 944 g/mol. The number of aliphatic hydroxyl groups is 2. The van der Waals surface area contributed by atoms with Gasteiger partial charge in [-0.2, -0.15) is 0 Å². The Balaban J connectivity index is 3.46. The predicted molar refractivity (Wildman–Crippen MR) is 292 cm³/mol. The van der Waals surface area contributed by atoms with Crippen LogP contribution >= 0.6 is 0 Å². The zero-order valence-electron chi connectivity index (χ0n) is 45.1. The second kappa shape index (κ2) is 56.9. The first-order valence-electron chi connectivity index (χ1n) is 30.1. The first-order chi connectivity index (χ1) is 33.0. The van der Waals surface area contributed by atoms with Crippen LogP contribution in [0.2, 0.25) is 0 Å². The molecule has 67 heavy (non-hydrogen) atoms. The van der Waals surface area contributed by atoms with Crippen LogP contribution in [0, 0.1) is 0 Å². The van der Waals surface area contributed by atoms with Crippen molar-refractivity contribution in [3.63, 3.8) is 0 Å². The number of carbonyl (C=O) groups excluding carboxylic acids is 2. The van der Waals surface area contributed by atoms with Crippen LogP contribution in [0.25, 0.3) is 0 Å². The molecule has 0 saturated heterocycles. The maximum Gasteiger partial charge on any atom is 0.305 e. The molecule has 0 aliphatic rings. The van der Waals surface area contributed by atoms with E-state index >= 15 is 0 Å².